The number of non-ortho nitro benzene ring substituents is 1. The third-order valence-electron chi connectivity index (χ3n) is 1.91. The fraction of sp³-hybridized carbons (Fsp3) is 0.222. The molecule has 0 unspecified atom stereocenters. The second-order valence-electron chi connectivity index (χ2n) is 2.86. The molecule has 1 rings (SSSR count). The van der Waals surface area contributed by atoms with Crippen LogP contribution in [0.2, 0.25) is 0 Å². The average molecular weight is 210 g/mol. The van der Waals surface area contributed by atoms with E-state index >= 15 is 0 Å². The van der Waals surface area contributed by atoms with Gasteiger partial charge in [-0.25, -0.2) is 0 Å². The fourth-order valence-corrected chi connectivity index (χ4v) is 1.07. The van der Waals surface area contributed by atoms with Crippen molar-refractivity contribution in [3.05, 3.63) is 33.9 Å². The first kappa shape index (κ1) is 11.0. The molecule has 0 aliphatic rings. The van der Waals surface area contributed by atoms with E-state index in [0.717, 1.165) is 0 Å². The molecule has 0 heterocycles. The zero-order valence-electron chi connectivity index (χ0n) is 8.30. The van der Waals surface area contributed by atoms with Gasteiger partial charge in [-0.3, -0.25) is 10.1 Å². The summed E-state index contributed by atoms with van der Waals surface area (Å²) in [6.07, 6.45) is 0. The number of nitro benzene ring substituents is 1. The summed E-state index contributed by atoms with van der Waals surface area (Å²) in [5.74, 6) is 0.349. The van der Waals surface area contributed by atoms with Gasteiger partial charge < -0.3 is 9.94 Å². The van der Waals surface area contributed by atoms with Crippen LogP contribution in [0.3, 0.4) is 0 Å². The number of nitro groups is 1. The van der Waals surface area contributed by atoms with Crippen LogP contribution in [0.1, 0.15) is 12.5 Å². The lowest BCUT2D eigenvalue weighted by molar-refractivity contribution is -0.384. The van der Waals surface area contributed by atoms with Crippen molar-refractivity contribution < 1.29 is 14.9 Å². The van der Waals surface area contributed by atoms with Gasteiger partial charge in [-0.1, -0.05) is 5.16 Å². The Bertz CT molecular complexity index is 415. The maximum atomic E-state index is 10.6. The average Bonchev–Trinajstić information content (AvgIpc) is 2.27. The molecule has 1 aromatic carbocycles. The molecule has 0 bridgehead atoms. The van der Waals surface area contributed by atoms with Crippen molar-refractivity contribution in [1.29, 1.82) is 0 Å². The highest BCUT2D eigenvalue weighted by Crippen LogP contribution is 2.22. The molecule has 0 radical (unpaired) electrons. The smallest absolute Gasteiger partial charge is 0.273 e. The summed E-state index contributed by atoms with van der Waals surface area (Å²) in [4.78, 5) is 10.0. The first-order chi connectivity index (χ1) is 7.08. The minimum atomic E-state index is -0.531. The number of ether oxygens (including phenoxy) is 1. The molecule has 1 aromatic rings. The van der Waals surface area contributed by atoms with Crippen LogP contribution in [-0.4, -0.2) is 23.0 Å². The molecule has 0 amide bonds. The van der Waals surface area contributed by atoms with E-state index in [4.69, 9.17) is 9.94 Å². The maximum absolute atomic E-state index is 10.6. The van der Waals surface area contributed by atoms with Crippen LogP contribution in [0, 0.1) is 10.1 Å². The summed E-state index contributed by atoms with van der Waals surface area (Å²) in [5, 5.41) is 22.1. The molecule has 6 heteroatoms. The molecule has 0 saturated carbocycles. The van der Waals surface area contributed by atoms with Gasteiger partial charge in [-0.15, -0.1) is 0 Å². The fourth-order valence-electron chi connectivity index (χ4n) is 1.07. The summed E-state index contributed by atoms with van der Waals surface area (Å²) in [6, 6.07) is 4.17. The summed E-state index contributed by atoms with van der Waals surface area (Å²) < 4.78 is 4.90. The van der Waals surface area contributed by atoms with E-state index < -0.39 is 4.92 Å². The Hall–Kier alpha value is -2.11. The number of nitrogens with zero attached hydrogens (tertiary/aromatic N) is 2. The van der Waals surface area contributed by atoms with Gasteiger partial charge in [0.1, 0.15) is 5.75 Å². The number of hydrogen-bond donors (Lipinski definition) is 1. The SMILES string of the molecule is COc1cc(/C(C)=N/O)cc([N+](=O)[O-])c1. The second kappa shape index (κ2) is 4.41. The van der Waals surface area contributed by atoms with Gasteiger partial charge in [0.2, 0.25) is 0 Å². The van der Waals surface area contributed by atoms with Gasteiger partial charge in [0.25, 0.3) is 5.69 Å². The monoisotopic (exact) mass is 210 g/mol. The zero-order chi connectivity index (χ0) is 11.4. The first-order valence-corrected chi connectivity index (χ1v) is 4.11. The standard InChI is InChI=1S/C9H10N2O4/c1-6(10-12)7-3-8(11(13)14)5-9(4-7)15-2/h3-5,12H,1-2H3/b10-6+. The second-order valence-corrected chi connectivity index (χ2v) is 2.86. The highest BCUT2D eigenvalue weighted by Gasteiger charge is 2.11. The molecule has 15 heavy (non-hydrogen) atoms. The highest BCUT2D eigenvalue weighted by atomic mass is 16.6. The number of methoxy groups -OCH3 is 1. The van der Waals surface area contributed by atoms with Crippen molar-refractivity contribution >= 4 is 11.4 Å². The lowest BCUT2D eigenvalue weighted by Crippen LogP contribution is -1.98. The van der Waals surface area contributed by atoms with E-state index in [2.05, 4.69) is 5.16 Å². The molecule has 0 aliphatic carbocycles. The van der Waals surface area contributed by atoms with Crippen LogP contribution in [-0.2, 0) is 0 Å². The van der Waals surface area contributed by atoms with E-state index in [0.29, 0.717) is 11.3 Å². The minimum absolute atomic E-state index is 0.104. The first-order valence-electron chi connectivity index (χ1n) is 4.11. The predicted octanol–water partition coefficient (Wildman–Crippen LogP) is 1.80. The van der Waals surface area contributed by atoms with E-state index in [9.17, 15) is 10.1 Å². The summed E-state index contributed by atoms with van der Waals surface area (Å²) in [6.45, 7) is 1.54. The molecular weight excluding hydrogens is 200 g/mol. The minimum Gasteiger partial charge on any atom is -0.496 e. The summed E-state index contributed by atoms with van der Waals surface area (Å²) >= 11 is 0. The van der Waals surface area contributed by atoms with Crippen molar-refractivity contribution in [2.45, 2.75) is 6.92 Å². The van der Waals surface area contributed by atoms with Crippen LogP contribution in [0.15, 0.2) is 23.4 Å². The molecule has 80 valence electrons. The lowest BCUT2D eigenvalue weighted by Gasteiger charge is -2.03. The Morgan fingerprint density at radius 1 is 1.53 bits per heavy atom. The number of benzene rings is 1. The van der Waals surface area contributed by atoms with Gasteiger partial charge in [0.15, 0.2) is 0 Å². The third kappa shape index (κ3) is 2.43. The number of oxime groups is 1. The van der Waals surface area contributed by atoms with Crippen LogP contribution in [0.4, 0.5) is 5.69 Å². The molecular formula is C9H10N2O4. The van der Waals surface area contributed by atoms with Crippen molar-refractivity contribution in [3.8, 4) is 5.75 Å². The molecule has 0 fully saturated rings. The Balaban J connectivity index is 3.29. The maximum Gasteiger partial charge on any atom is 0.273 e. The van der Waals surface area contributed by atoms with Crippen LogP contribution < -0.4 is 4.74 Å². The lowest BCUT2D eigenvalue weighted by atomic mass is 10.1. The van der Waals surface area contributed by atoms with E-state index in [-0.39, 0.29) is 11.4 Å². The summed E-state index contributed by atoms with van der Waals surface area (Å²) in [7, 11) is 1.41. The quantitative estimate of drug-likeness (QED) is 0.356. The number of hydrogen-bond acceptors (Lipinski definition) is 5. The van der Waals surface area contributed by atoms with Crippen molar-refractivity contribution in [2.24, 2.45) is 5.16 Å². The van der Waals surface area contributed by atoms with Crippen LogP contribution >= 0.6 is 0 Å². The molecule has 0 saturated heterocycles. The predicted molar refractivity (Wildman–Crippen MR) is 53.6 cm³/mol. The van der Waals surface area contributed by atoms with E-state index in [1.807, 2.05) is 0 Å². The van der Waals surface area contributed by atoms with Crippen molar-refractivity contribution in [2.75, 3.05) is 7.11 Å². The Morgan fingerprint density at radius 2 is 2.20 bits per heavy atom. The van der Waals surface area contributed by atoms with Gasteiger partial charge in [-0.2, -0.15) is 0 Å². The normalized spacial score (nSPS) is 11.2. The molecule has 6 nitrogen and oxygen atoms in total. The van der Waals surface area contributed by atoms with Crippen molar-refractivity contribution in [3.63, 3.8) is 0 Å². The summed E-state index contributed by atoms with van der Waals surface area (Å²) in [5.41, 5.74) is 0.632. The number of rotatable bonds is 3. The molecule has 0 aliphatic heterocycles. The van der Waals surface area contributed by atoms with E-state index in [1.54, 1.807) is 13.0 Å². The van der Waals surface area contributed by atoms with E-state index in [1.165, 1.54) is 19.2 Å². The molecule has 0 spiro atoms. The molecule has 0 atom stereocenters. The zero-order valence-corrected chi connectivity index (χ0v) is 8.30. The third-order valence-corrected chi connectivity index (χ3v) is 1.91. The Kier molecular flexibility index (Phi) is 3.22. The topological polar surface area (TPSA) is 85.0 Å². The van der Waals surface area contributed by atoms with Gasteiger partial charge in [0, 0.05) is 11.6 Å². The molecule has 0 aromatic heterocycles. The van der Waals surface area contributed by atoms with Crippen LogP contribution in [0.5, 0.6) is 5.75 Å². The van der Waals surface area contributed by atoms with Gasteiger partial charge >= 0.3 is 0 Å². The largest absolute Gasteiger partial charge is 0.496 e. The van der Waals surface area contributed by atoms with Gasteiger partial charge in [0.05, 0.1) is 23.8 Å². The van der Waals surface area contributed by atoms with Crippen LogP contribution in [0.25, 0.3) is 0 Å². The van der Waals surface area contributed by atoms with Gasteiger partial charge in [-0.05, 0) is 13.0 Å². The highest BCUT2D eigenvalue weighted by molar-refractivity contribution is 5.99. The van der Waals surface area contributed by atoms with Crippen molar-refractivity contribution in [1.82, 2.24) is 0 Å². The molecule has 1 N–H and O–H groups in total. The Morgan fingerprint density at radius 3 is 2.67 bits per heavy atom. The Labute approximate surface area is 85.9 Å².